The Morgan fingerprint density at radius 3 is 2.79 bits per heavy atom. The van der Waals surface area contributed by atoms with Crippen LogP contribution in [0.5, 0.6) is 0 Å². The summed E-state index contributed by atoms with van der Waals surface area (Å²) in [6, 6.07) is 6.45. The van der Waals surface area contributed by atoms with Crippen molar-refractivity contribution in [3.8, 4) is 0 Å². The van der Waals surface area contributed by atoms with Gasteiger partial charge >= 0.3 is 0 Å². The summed E-state index contributed by atoms with van der Waals surface area (Å²) in [6.45, 7) is 2.91. The summed E-state index contributed by atoms with van der Waals surface area (Å²) in [6.07, 6.45) is 2.45. The van der Waals surface area contributed by atoms with Gasteiger partial charge in [-0.2, -0.15) is 0 Å². The Bertz CT molecular complexity index is 562. The lowest BCUT2D eigenvalue weighted by atomic mass is 10.3. The van der Waals surface area contributed by atoms with Gasteiger partial charge in [-0.25, -0.2) is 14.4 Å². The Kier molecular flexibility index (Phi) is 4.68. The molecule has 0 aliphatic carbocycles. The topological polar surface area (TPSA) is 49.8 Å². The summed E-state index contributed by atoms with van der Waals surface area (Å²) < 4.78 is 14.4. The highest BCUT2D eigenvalue weighted by molar-refractivity contribution is 9.10. The molecule has 1 heterocycles. The Balaban J connectivity index is 2.16. The standard InChI is InChI=1S/C13H14BrFN4/c1-2-5-16-12-7-13(18-8-17-12)19-11-6-9(14)3-4-10(11)15/h3-4,6-8H,2,5H2,1H3,(H2,16,17,18,19). The van der Waals surface area contributed by atoms with Crippen molar-refractivity contribution in [3.63, 3.8) is 0 Å². The highest BCUT2D eigenvalue weighted by atomic mass is 79.9. The van der Waals surface area contributed by atoms with Gasteiger partial charge in [0.15, 0.2) is 0 Å². The van der Waals surface area contributed by atoms with Gasteiger partial charge < -0.3 is 10.6 Å². The molecule has 19 heavy (non-hydrogen) atoms. The first kappa shape index (κ1) is 13.7. The number of nitrogens with zero attached hydrogens (tertiary/aromatic N) is 2. The smallest absolute Gasteiger partial charge is 0.146 e. The van der Waals surface area contributed by atoms with E-state index in [-0.39, 0.29) is 5.82 Å². The van der Waals surface area contributed by atoms with Crippen molar-refractivity contribution in [1.29, 1.82) is 0 Å². The van der Waals surface area contributed by atoms with Crippen LogP contribution < -0.4 is 10.6 Å². The van der Waals surface area contributed by atoms with Crippen LogP contribution in [0.2, 0.25) is 0 Å². The molecule has 0 atom stereocenters. The summed E-state index contributed by atoms with van der Waals surface area (Å²) in [5, 5.41) is 6.09. The van der Waals surface area contributed by atoms with Crippen molar-refractivity contribution in [3.05, 3.63) is 40.9 Å². The molecule has 0 saturated carbocycles. The molecule has 1 aromatic carbocycles. The molecule has 4 nitrogen and oxygen atoms in total. The fourth-order valence-electron chi connectivity index (χ4n) is 1.51. The van der Waals surface area contributed by atoms with E-state index in [9.17, 15) is 4.39 Å². The number of hydrogen-bond donors (Lipinski definition) is 2. The zero-order chi connectivity index (χ0) is 13.7. The number of aromatic nitrogens is 2. The zero-order valence-corrected chi connectivity index (χ0v) is 12.0. The summed E-state index contributed by atoms with van der Waals surface area (Å²) >= 11 is 3.31. The number of halogens is 2. The number of anilines is 3. The third-order valence-electron chi connectivity index (χ3n) is 2.41. The van der Waals surface area contributed by atoms with Crippen LogP contribution in [0, 0.1) is 5.82 Å². The van der Waals surface area contributed by atoms with Gasteiger partial charge in [0.1, 0.15) is 23.8 Å². The largest absolute Gasteiger partial charge is 0.370 e. The van der Waals surface area contributed by atoms with E-state index in [1.54, 1.807) is 18.2 Å². The summed E-state index contributed by atoms with van der Waals surface area (Å²) in [5.41, 5.74) is 0.370. The quantitative estimate of drug-likeness (QED) is 0.874. The van der Waals surface area contributed by atoms with E-state index < -0.39 is 0 Å². The SMILES string of the molecule is CCCNc1cc(Nc2cc(Br)ccc2F)ncn1. The van der Waals surface area contributed by atoms with E-state index in [4.69, 9.17) is 0 Å². The molecule has 0 amide bonds. The van der Waals surface area contributed by atoms with Crippen molar-refractivity contribution < 1.29 is 4.39 Å². The minimum absolute atomic E-state index is 0.329. The van der Waals surface area contributed by atoms with Crippen molar-refractivity contribution >= 4 is 33.3 Å². The number of nitrogens with one attached hydrogen (secondary N) is 2. The predicted molar refractivity (Wildman–Crippen MR) is 78.2 cm³/mol. The Morgan fingerprint density at radius 2 is 2.00 bits per heavy atom. The van der Waals surface area contributed by atoms with E-state index in [1.807, 2.05) is 0 Å². The maximum atomic E-state index is 13.6. The minimum Gasteiger partial charge on any atom is -0.370 e. The normalized spacial score (nSPS) is 10.3. The van der Waals surface area contributed by atoms with Crippen LogP contribution >= 0.6 is 15.9 Å². The molecule has 0 fully saturated rings. The second-order valence-corrected chi connectivity index (χ2v) is 4.88. The van der Waals surface area contributed by atoms with E-state index >= 15 is 0 Å². The van der Waals surface area contributed by atoms with Crippen LogP contribution in [0.3, 0.4) is 0 Å². The van der Waals surface area contributed by atoms with Crippen LogP contribution in [-0.2, 0) is 0 Å². The van der Waals surface area contributed by atoms with Gasteiger partial charge in [-0.05, 0) is 24.6 Å². The minimum atomic E-state index is -0.329. The second-order valence-electron chi connectivity index (χ2n) is 3.96. The zero-order valence-electron chi connectivity index (χ0n) is 10.5. The third-order valence-corrected chi connectivity index (χ3v) is 2.91. The van der Waals surface area contributed by atoms with Gasteiger partial charge in [0, 0.05) is 17.1 Å². The lowest BCUT2D eigenvalue weighted by molar-refractivity contribution is 0.631. The van der Waals surface area contributed by atoms with Gasteiger partial charge in [-0.1, -0.05) is 22.9 Å². The number of benzene rings is 1. The molecular weight excluding hydrogens is 311 g/mol. The van der Waals surface area contributed by atoms with Gasteiger partial charge in [0.2, 0.25) is 0 Å². The fraction of sp³-hybridized carbons (Fsp3) is 0.231. The maximum Gasteiger partial charge on any atom is 0.146 e. The van der Waals surface area contributed by atoms with Crippen molar-refractivity contribution in [1.82, 2.24) is 9.97 Å². The average Bonchev–Trinajstić information content (AvgIpc) is 2.41. The third kappa shape index (κ3) is 3.89. The highest BCUT2D eigenvalue weighted by Crippen LogP contribution is 2.23. The van der Waals surface area contributed by atoms with E-state index in [1.165, 1.54) is 12.4 Å². The van der Waals surface area contributed by atoms with E-state index in [0.717, 1.165) is 23.3 Å². The lowest BCUT2D eigenvalue weighted by Gasteiger charge is -2.09. The van der Waals surface area contributed by atoms with Crippen LogP contribution in [0.1, 0.15) is 13.3 Å². The Hall–Kier alpha value is -1.69. The molecule has 2 N–H and O–H groups in total. The first-order chi connectivity index (χ1) is 9.19. The molecule has 6 heteroatoms. The lowest BCUT2D eigenvalue weighted by Crippen LogP contribution is -2.04. The molecule has 0 bridgehead atoms. The van der Waals surface area contributed by atoms with Crippen LogP contribution in [-0.4, -0.2) is 16.5 Å². The molecule has 0 saturated heterocycles. The molecule has 1 aromatic heterocycles. The van der Waals surface area contributed by atoms with Crippen molar-refractivity contribution in [2.24, 2.45) is 0 Å². The number of hydrogen-bond acceptors (Lipinski definition) is 4. The Morgan fingerprint density at radius 1 is 1.21 bits per heavy atom. The molecule has 100 valence electrons. The highest BCUT2D eigenvalue weighted by Gasteiger charge is 2.05. The predicted octanol–water partition coefficient (Wildman–Crippen LogP) is 3.94. The first-order valence-electron chi connectivity index (χ1n) is 5.97. The van der Waals surface area contributed by atoms with Crippen LogP contribution in [0.25, 0.3) is 0 Å². The van der Waals surface area contributed by atoms with Gasteiger partial charge in [0.05, 0.1) is 5.69 Å². The van der Waals surface area contributed by atoms with Crippen molar-refractivity contribution in [2.75, 3.05) is 17.2 Å². The van der Waals surface area contributed by atoms with Gasteiger partial charge in [0.25, 0.3) is 0 Å². The van der Waals surface area contributed by atoms with E-state index in [0.29, 0.717) is 11.5 Å². The fourth-order valence-corrected chi connectivity index (χ4v) is 1.87. The van der Waals surface area contributed by atoms with E-state index in [2.05, 4.69) is 43.5 Å². The maximum absolute atomic E-state index is 13.6. The number of rotatable bonds is 5. The molecule has 2 aromatic rings. The summed E-state index contributed by atoms with van der Waals surface area (Å²) in [4.78, 5) is 8.16. The summed E-state index contributed by atoms with van der Waals surface area (Å²) in [5.74, 6) is 0.935. The first-order valence-corrected chi connectivity index (χ1v) is 6.76. The van der Waals surface area contributed by atoms with Crippen LogP contribution in [0.4, 0.5) is 21.7 Å². The van der Waals surface area contributed by atoms with Gasteiger partial charge in [-0.3, -0.25) is 0 Å². The molecule has 0 radical (unpaired) electrons. The molecule has 0 unspecified atom stereocenters. The molecule has 2 rings (SSSR count). The van der Waals surface area contributed by atoms with Crippen molar-refractivity contribution in [2.45, 2.75) is 13.3 Å². The average molecular weight is 325 g/mol. The van der Waals surface area contributed by atoms with Gasteiger partial charge in [-0.15, -0.1) is 0 Å². The second kappa shape index (κ2) is 6.47. The molecule has 0 spiro atoms. The molecule has 0 aliphatic heterocycles. The molecular formula is C13H14BrFN4. The monoisotopic (exact) mass is 324 g/mol. The van der Waals surface area contributed by atoms with Crippen LogP contribution in [0.15, 0.2) is 35.1 Å². The molecule has 0 aliphatic rings. The summed E-state index contributed by atoms with van der Waals surface area (Å²) in [7, 11) is 0. The Labute approximate surface area is 119 Å².